The molecule has 11 aromatic rings. The van der Waals surface area contributed by atoms with Crippen molar-refractivity contribution in [3.8, 4) is 55.6 Å². The van der Waals surface area contributed by atoms with Crippen LogP contribution in [0.4, 0.5) is 17.1 Å². The normalized spacial score (nSPS) is 13.0. The molecule has 0 fully saturated rings. The molecule has 0 atom stereocenters. The largest absolute Gasteiger partial charge is 0.456 e. The van der Waals surface area contributed by atoms with Gasteiger partial charge in [0.15, 0.2) is 0 Å². The summed E-state index contributed by atoms with van der Waals surface area (Å²) in [6.45, 7) is 11.6. The number of para-hydroxylation sites is 1. The van der Waals surface area contributed by atoms with Gasteiger partial charge in [-0.3, -0.25) is 0 Å². The van der Waals surface area contributed by atoms with Gasteiger partial charge in [-0.15, -0.1) is 0 Å². The maximum absolute atomic E-state index is 6.49. The van der Waals surface area contributed by atoms with Gasteiger partial charge in [0.25, 0.3) is 0 Å². The van der Waals surface area contributed by atoms with Gasteiger partial charge in [-0.25, -0.2) is 0 Å². The van der Waals surface area contributed by atoms with E-state index in [9.17, 15) is 0 Å². The van der Waals surface area contributed by atoms with Gasteiger partial charge in [0.1, 0.15) is 11.2 Å². The summed E-state index contributed by atoms with van der Waals surface area (Å²) in [4.78, 5) is 2.54. The lowest BCUT2D eigenvalue weighted by Gasteiger charge is -2.32. The van der Waals surface area contributed by atoms with E-state index in [-0.39, 0.29) is 10.8 Å². The predicted octanol–water partition coefficient (Wildman–Crippen LogP) is 18.5. The van der Waals surface area contributed by atoms with E-state index in [0.717, 1.165) is 66.8 Å². The summed E-state index contributed by atoms with van der Waals surface area (Å²) in [5.74, 6) is 0. The summed E-state index contributed by atoms with van der Waals surface area (Å²) in [6, 6.07) is 80.5. The standard InChI is InChI=1S/C65H51NO/c1-64(2,3)46-34-30-42(31-35-46)45-33-38-58(55(40-45)43-18-7-6-8-19-43)66(47-36-37-51-50-23-13-15-27-56(50)65(4,5)57(51)41-47)59-39-32-44-20-9-10-21-48(44)62(59)52-24-12-11-22-49(52)53-26-17-29-61-63(53)54-25-14-16-28-60(54)67-61/h6-41H,1-5H3. The first-order valence-electron chi connectivity index (χ1n) is 23.5. The molecule has 0 bridgehead atoms. The Labute approximate surface area is 393 Å². The van der Waals surface area contributed by atoms with Crippen LogP contribution in [0.1, 0.15) is 51.3 Å². The smallest absolute Gasteiger partial charge is 0.136 e. The molecule has 0 N–H and O–H groups in total. The number of anilines is 3. The maximum atomic E-state index is 6.49. The number of hydrogen-bond acceptors (Lipinski definition) is 2. The van der Waals surface area contributed by atoms with Crippen LogP contribution in [0.5, 0.6) is 0 Å². The van der Waals surface area contributed by atoms with Crippen molar-refractivity contribution in [2.45, 2.75) is 45.4 Å². The molecule has 1 aliphatic rings. The van der Waals surface area contributed by atoms with Crippen LogP contribution in [0.25, 0.3) is 88.3 Å². The Bertz CT molecular complexity index is 3700. The molecule has 0 amide bonds. The number of hydrogen-bond donors (Lipinski definition) is 0. The average Bonchev–Trinajstić information content (AvgIpc) is 3.86. The number of nitrogens with zero attached hydrogens (tertiary/aromatic N) is 1. The third-order valence-corrected chi connectivity index (χ3v) is 14.3. The summed E-state index contributed by atoms with van der Waals surface area (Å²) < 4.78 is 6.49. The molecule has 2 nitrogen and oxygen atoms in total. The summed E-state index contributed by atoms with van der Waals surface area (Å²) in [7, 11) is 0. The minimum absolute atomic E-state index is 0.0683. The fraction of sp³-hybridized carbons (Fsp3) is 0.108. The number of furan rings is 1. The van der Waals surface area contributed by atoms with Crippen LogP contribution in [0.15, 0.2) is 223 Å². The highest BCUT2D eigenvalue weighted by Crippen LogP contribution is 2.54. The van der Waals surface area contributed by atoms with Crippen LogP contribution in [0.2, 0.25) is 0 Å². The molecule has 0 radical (unpaired) electrons. The Hall–Kier alpha value is -7.94. The Morgan fingerprint density at radius 1 is 0.403 bits per heavy atom. The van der Waals surface area contributed by atoms with E-state index in [1.54, 1.807) is 0 Å². The Morgan fingerprint density at radius 3 is 1.84 bits per heavy atom. The lowest BCUT2D eigenvalue weighted by atomic mass is 9.82. The predicted molar refractivity (Wildman–Crippen MR) is 284 cm³/mol. The second-order valence-corrected chi connectivity index (χ2v) is 19.7. The molecule has 0 unspecified atom stereocenters. The third-order valence-electron chi connectivity index (χ3n) is 14.3. The highest BCUT2D eigenvalue weighted by atomic mass is 16.3. The first-order chi connectivity index (χ1) is 32.6. The molecule has 322 valence electrons. The van der Waals surface area contributed by atoms with Gasteiger partial charge in [0.05, 0.1) is 11.4 Å². The van der Waals surface area contributed by atoms with Crippen molar-refractivity contribution in [2.75, 3.05) is 4.90 Å². The highest BCUT2D eigenvalue weighted by Gasteiger charge is 2.36. The SMILES string of the molecule is CC(C)(C)c1ccc(-c2ccc(N(c3ccc4c(c3)C(C)(C)c3ccccc3-4)c3ccc4ccccc4c3-c3ccccc3-c3cccc4oc5ccccc5c34)c(-c3ccccc3)c2)cc1. The van der Waals surface area contributed by atoms with Crippen LogP contribution in [-0.4, -0.2) is 0 Å². The van der Waals surface area contributed by atoms with Gasteiger partial charge < -0.3 is 9.32 Å². The van der Waals surface area contributed by atoms with E-state index < -0.39 is 0 Å². The zero-order valence-corrected chi connectivity index (χ0v) is 38.6. The van der Waals surface area contributed by atoms with Crippen molar-refractivity contribution in [3.05, 3.63) is 235 Å². The molecule has 12 rings (SSSR count). The Balaban J connectivity index is 1.16. The first kappa shape index (κ1) is 40.6. The highest BCUT2D eigenvalue weighted by molar-refractivity contribution is 6.16. The van der Waals surface area contributed by atoms with E-state index in [4.69, 9.17) is 4.42 Å². The molecule has 1 heterocycles. The van der Waals surface area contributed by atoms with Gasteiger partial charge in [-0.1, -0.05) is 211 Å². The Kier molecular flexibility index (Phi) is 9.45. The second kappa shape index (κ2) is 15.6. The Morgan fingerprint density at radius 2 is 1.03 bits per heavy atom. The summed E-state index contributed by atoms with van der Waals surface area (Å²) in [5, 5.41) is 4.62. The molecule has 0 saturated heterocycles. The zero-order chi connectivity index (χ0) is 45.4. The minimum Gasteiger partial charge on any atom is -0.456 e. The van der Waals surface area contributed by atoms with E-state index in [1.807, 2.05) is 6.07 Å². The summed E-state index contributed by atoms with van der Waals surface area (Å²) in [5.41, 5.74) is 20.9. The molecule has 67 heavy (non-hydrogen) atoms. The molecule has 0 spiro atoms. The quantitative estimate of drug-likeness (QED) is 0.159. The molecule has 1 aliphatic carbocycles. The van der Waals surface area contributed by atoms with Crippen molar-refractivity contribution in [1.29, 1.82) is 0 Å². The summed E-state index contributed by atoms with van der Waals surface area (Å²) in [6.07, 6.45) is 0. The summed E-state index contributed by atoms with van der Waals surface area (Å²) >= 11 is 0. The van der Waals surface area contributed by atoms with Crippen molar-refractivity contribution in [2.24, 2.45) is 0 Å². The molecule has 0 saturated carbocycles. The fourth-order valence-electron chi connectivity index (χ4n) is 10.8. The molecule has 0 aliphatic heterocycles. The van der Waals surface area contributed by atoms with Gasteiger partial charge >= 0.3 is 0 Å². The third kappa shape index (κ3) is 6.70. The van der Waals surface area contributed by atoms with Crippen molar-refractivity contribution in [1.82, 2.24) is 0 Å². The van der Waals surface area contributed by atoms with Gasteiger partial charge in [0.2, 0.25) is 0 Å². The van der Waals surface area contributed by atoms with Gasteiger partial charge in [0, 0.05) is 33.0 Å². The lowest BCUT2D eigenvalue weighted by Crippen LogP contribution is -2.17. The van der Waals surface area contributed by atoms with Gasteiger partial charge in [-0.2, -0.15) is 0 Å². The van der Waals surface area contributed by atoms with Crippen LogP contribution < -0.4 is 4.90 Å². The van der Waals surface area contributed by atoms with Crippen LogP contribution >= 0.6 is 0 Å². The molecular formula is C65H51NO. The molecular weight excluding hydrogens is 811 g/mol. The van der Waals surface area contributed by atoms with E-state index in [2.05, 4.69) is 252 Å². The fourth-order valence-corrected chi connectivity index (χ4v) is 10.8. The van der Waals surface area contributed by atoms with Crippen LogP contribution in [-0.2, 0) is 10.8 Å². The number of fused-ring (bicyclic) bond motifs is 7. The van der Waals surface area contributed by atoms with Gasteiger partial charge in [-0.05, 0) is 120 Å². The zero-order valence-electron chi connectivity index (χ0n) is 38.6. The van der Waals surface area contributed by atoms with Crippen molar-refractivity contribution in [3.63, 3.8) is 0 Å². The van der Waals surface area contributed by atoms with E-state index >= 15 is 0 Å². The number of benzene rings is 10. The lowest BCUT2D eigenvalue weighted by molar-refractivity contribution is 0.590. The van der Waals surface area contributed by atoms with E-state index in [0.29, 0.717) is 0 Å². The average molecular weight is 862 g/mol. The van der Waals surface area contributed by atoms with Crippen molar-refractivity contribution < 1.29 is 4.42 Å². The molecule has 1 aromatic heterocycles. The van der Waals surface area contributed by atoms with Crippen LogP contribution in [0.3, 0.4) is 0 Å². The maximum Gasteiger partial charge on any atom is 0.136 e. The molecule has 2 heteroatoms. The topological polar surface area (TPSA) is 16.4 Å². The van der Waals surface area contributed by atoms with Crippen molar-refractivity contribution >= 4 is 49.8 Å². The first-order valence-corrected chi connectivity index (χ1v) is 23.5. The van der Waals surface area contributed by atoms with E-state index in [1.165, 1.54) is 55.3 Å². The van der Waals surface area contributed by atoms with Crippen LogP contribution in [0, 0.1) is 0 Å². The second-order valence-electron chi connectivity index (χ2n) is 19.7. The number of rotatable bonds is 7. The minimum atomic E-state index is -0.191. The molecule has 10 aromatic carbocycles. The monoisotopic (exact) mass is 861 g/mol.